The number of hydrogen-bond acceptors (Lipinski definition) is 5. The number of benzene rings is 2. The number of anilines is 2. The van der Waals surface area contributed by atoms with Crippen LogP contribution in [0.15, 0.2) is 47.5 Å². The second-order valence-corrected chi connectivity index (χ2v) is 7.88. The van der Waals surface area contributed by atoms with Gasteiger partial charge in [0, 0.05) is 18.6 Å². The Morgan fingerprint density at radius 1 is 1.15 bits per heavy atom. The summed E-state index contributed by atoms with van der Waals surface area (Å²) in [5.41, 5.74) is 6.48. The Kier molecular flexibility index (Phi) is 6.20. The fraction of sp³-hybridized carbons (Fsp3) is 0.182. The maximum atomic E-state index is 13.8. The normalized spacial score (nSPS) is 12.6. The molecule has 3 amide bonds. The Bertz CT molecular complexity index is 1360. The summed E-state index contributed by atoms with van der Waals surface area (Å²) in [5, 5.41) is -0.312. The van der Waals surface area contributed by atoms with Crippen molar-refractivity contribution < 1.29 is 23.1 Å². The fourth-order valence-electron chi connectivity index (χ4n) is 3.51. The van der Waals surface area contributed by atoms with Gasteiger partial charge in [-0.15, -0.1) is 0 Å². The summed E-state index contributed by atoms with van der Waals surface area (Å²) >= 11 is 6.12. The van der Waals surface area contributed by atoms with Crippen LogP contribution in [0, 0.1) is 11.6 Å². The lowest BCUT2D eigenvalue weighted by atomic mass is 10.1. The van der Waals surface area contributed by atoms with Crippen LogP contribution in [0.1, 0.15) is 18.1 Å². The molecule has 9 nitrogen and oxygen atoms in total. The predicted molar refractivity (Wildman–Crippen MR) is 120 cm³/mol. The monoisotopic (exact) mass is 489 g/mol. The van der Waals surface area contributed by atoms with Crippen molar-refractivity contribution >= 4 is 34.9 Å². The first kappa shape index (κ1) is 23.2. The number of rotatable bonds is 5. The number of nitrogens with two attached hydrogens (primary N) is 1. The molecule has 0 unspecified atom stereocenters. The average Bonchev–Trinajstić information content (AvgIpc) is 3.17. The van der Waals surface area contributed by atoms with E-state index in [1.54, 1.807) is 18.2 Å². The number of fused-ring (bicyclic) bond motifs is 1. The molecule has 0 radical (unpaired) electrons. The molecule has 0 atom stereocenters. The highest BCUT2D eigenvalue weighted by Crippen LogP contribution is 2.36. The van der Waals surface area contributed by atoms with E-state index in [9.17, 15) is 23.2 Å². The summed E-state index contributed by atoms with van der Waals surface area (Å²) in [4.78, 5) is 43.1. The van der Waals surface area contributed by atoms with Crippen LogP contribution < -0.4 is 25.8 Å². The van der Waals surface area contributed by atoms with Crippen LogP contribution in [0.25, 0.3) is 0 Å². The quantitative estimate of drug-likeness (QED) is 0.592. The van der Waals surface area contributed by atoms with Crippen molar-refractivity contribution in [3.8, 4) is 5.88 Å². The van der Waals surface area contributed by atoms with E-state index in [1.165, 1.54) is 33.7 Å². The Morgan fingerprint density at radius 3 is 2.59 bits per heavy atom. The second-order valence-electron chi connectivity index (χ2n) is 7.50. The van der Waals surface area contributed by atoms with Crippen molar-refractivity contribution in [1.82, 2.24) is 9.55 Å². The lowest BCUT2D eigenvalue weighted by molar-refractivity contribution is -0.116. The summed E-state index contributed by atoms with van der Waals surface area (Å²) in [5.74, 6) is -1.97. The van der Waals surface area contributed by atoms with Crippen LogP contribution in [-0.4, -0.2) is 28.2 Å². The van der Waals surface area contributed by atoms with Crippen LogP contribution in [0.3, 0.4) is 0 Å². The Labute approximate surface area is 196 Å². The van der Waals surface area contributed by atoms with E-state index in [4.69, 9.17) is 22.1 Å². The number of carbonyl (C=O) groups is 2. The number of amides is 3. The second kappa shape index (κ2) is 9.10. The lowest BCUT2D eigenvalue weighted by Crippen LogP contribution is -2.40. The van der Waals surface area contributed by atoms with Crippen LogP contribution in [0.5, 0.6) is 5.88 Å². The van der Waals surface area contributed by atoms with Gasteiger partial charge in [0.25, 0.3) is 5.56 Å². The third kappa shape index (κ3) is 4.42. The van der Waals surface area contributed by atoms with Crippen LogP contribution in [0.4, 0.5) is 25.0 Å². The first-order chi connectivity index (χ1) is 16.2. The van der Waals surface area contributed by atoms with E-state index >= 15 is 0 Å². The molecular formula is C22H18ClF2N5O4. The van der Waals surface area contributed by atoms with Gasteiger partial charge in [0.2, 0.25) is 11.8 Å². The molecule has 1 aromatic heterocycles. The van der Waals surface area contributed by atoms with E-state index in [0.29, 0.717) is 16.9 Å². The molecule has 176 valence electrons. The SMILES string of the molecule is CC(=O)N1CN(C(N)=O)c2cc(Cn3cnc(OCc4ccc(F)cc4F)c(Cl)c3=O)ccc21. The number of carbonyl (C=O) groups excluding carboxylic acids is 2. The number of hydrogen-bond donors (Lipinski definition) is 1. The summed E-state index contributed by atoms with van der Waals surface area (Å²) in [6.45, 7) is 1.13. The highest BCUT2D eigenvalue weighted by Gasteiger charge is 2.31. The van der Waals surface area contributed by atoms with E-state index in [2.05, 4.69) is 4.98 Å². The van der Waals surface area contributed by atoms with Crippen LogP contribution in [-0.2, 0) is 17.9 Å². The highest BCUT2D eigenvalue weighted by molar-refractivity contribution is 6.31. The summed E-state index contributed by atoms with van der Waals surface area (Å²) in [6.07, 6.45) is 1.21. The highest BCUT2D eigenvalue weighted by atomic mass is 35.5. The smallest absolute Gasteiger partial charge is 0.320 e. The van der Waals surface area contributed by atoms with Gasteiger partial charge in [0.1, 0.15) is 31.2 Å². The number of ether oxygens (including phenoxy) is 1. The lowest BCUT2D eigenvalue weighted by Gasteiger charge is -2.15. The molecule has 0 saturated heterocycles. The summed E-state index contributed by atoms with van der Waals surface area (Å²) in [7, 11) is 0. The molecule has 0 saturated carbocycles. The molecule has 4 rings (SSSR count). The van der Waals surface area contributed by atoms with E-state index in [-0.39, 0.29) is 42.2 Å². The minimum absolute atomic E-state index is 0.00251. The van der Waals surface area contributed by atoms with Gasteiger partial charge in [0.15, 0.2) is 5.02 Å². The van der Waals surface area contributed by atoms with Crippen molar-refractivity contribution in [1.29, 1.82) is 0 Å². The van der Waals surface area contributed by atoms with Gasteiger partial charge in [-0.1, -0.05) is 17.7 Å². The number of aromatic nitrogens is 2. The molecule has 2 aromatic carbocycles. The third-order valence-electron chi connectivity index (χ3n) is 5.23. The number of nitrogens with zero attached hydrogens (tertiary/aromatic N) is 4. The van der Waals surface area contributed by atoms with E-state index in [0.717, 1.165) is 12.1 Å². The molecule has 2 N–H and O–H groups in total. The van der Waals surface area contributed by atoms with Gasteiger partial charge in [-0.2, -0.15) is 0 Å². The topological polar surface area (TPSA) is 111 Å². The number of primary amides is 1. The van der Waals surface area contributed by atoms with Crippen molar-refractivity contribution in [2.45, 2.75) is 20.1 Å². The maximum Gasteiger partial charge on any atom is 0.320 e. The van der Waals surface area contributed by atoms with Gasteiger partial charge >= 0.3 is 6.03 Å². The average molecular weight is 490 g/mol. The fourth-order valence-corrected chi connectivity index (χ4v) is 3.72. The first-order valence-corrected chi connectivity index (χ1v) is 10.3. The van der Waals surface area contributed by atoms with Gasteiger partial charge < -0.3 is 10.5 Å². The Morgan fingerprint density at radius 2 is 1.91 bits per heavy atom. The number of urea groups is 1. The predicted octanol–water partition coefficient (Wildman–Crippen LogP) is 3.01. The van der Waals surface area contributed by atoms with Crippen LogP contribution in [0.2, 0.25) is 5.02 Å². The minimum Gasteiger partial charge on any atom is -0.471 e. The molecule has 12 heteroatoms. The first-order valence-electron chi connectivity index (χ1n) is 9.95. The summed E-state index contributed by atoms with van der Waals surface area (Å²) in [6, 6.07) is 7.30. The standard InChI is InChI=1S/C22H18ClF2N5O4/c1-12(31)29-11-30(22(26)33)18-6-13(2-5-17(18)29)8-28-10-27-20(19(23)21(28)32)34-9-14-3-4-15(24)7-16(14)25/h2-7,10H,8-9,11H2,1H3,(H2,26,33). The minimum atomic E-state index is -0.797. The zero-order valence-corrected chi connectivity index (χ0v) is 18.6. The Balaban J connectivity index is 1.55. The molecule has 34 heavy (non-hydrogen) atoms. The Hall–Kier alpha value is -3.99. The maximum absolute atomic E-state index is 13.8. The largest absolute Gasteiger partial charge is 0.471 e. The molecule has 0 aliphatic carbocycles. The molecule has 1 aliphatic heterocycles. The van der Waals surface area contributed by atoms with Crippen molar-refractivity contribution in [3.05, 3.63) is 80.9 Å². The zero-order valence-electron chi connectivity index (χ0n) is 17.8. The van der Waals surface area contributed by atoms with Crippen molar-refractivity contribution in [3.63, 3.8) is 0 Å². The molecule has 0 bridgehead atoms. The number of halogens is 3. The van der Waals surface area contributed by atoms with Gasteiger partial charge in [-0.05, 0) is 29.8 Å². The summed E-state index contributed by atoms with van der Waals surface area (Å²) < 4.78 is 33.4. The molecule has 2 heterocycles. The van der Waals surface area contributed by atoms with Crippen molar-refractivity contribution in [2.75, 3.05) is 16.5 Å². The van der Waals surface area contributed by atoms with Crippen molar-refractivity contribution in [2.24, 2.45) is 5.73 Å². The molecular weight excluding hydrogens is 472 g/mol. The molecule has 3 aromatic rings. The molecule has 0 spiro atoms. The zero-order chi connectivity index (χ0) is 24.6. The van der Waals surface area contributed by atoms with Crippen LogP contribution >= 0.6 is 11.6 Å². The van der Waals surface area contributed by atoms with E-state index < -0.39 is 23.2 Å². The van der Waals surface area contributed by atoms with Gasteiger partial charge in [0.05, 0.1) is 17.9 Å². The van der Waals surface area contributed by atoms with E-state index in [1.807, 2.05) is 0 Å². The third-order valence-corrected chi connectivity index (χ3v) is 5.56. The van der Waals surface area contributed by atoms with Gasteiger partial charge in [-0.3, -0.25) is 24.0 Å². The molecule has 1 aliphatic rings. The molecule has 0 fully saturated rings. The van der Waals surface area contributed by atoms with Gasteiger partial charge in [-0.25, -0.2) is 18.6 Å².